The molecule has 1 rings (SSSR count). The number of benzene rings is 1. The molecule has 0 saturated carbocycles. The van der Waals surface area contributed by atoms with Crippen molar-refractivity contribution in [2.45, 2.75) is 25.7 Å². The molecule has 2 nitrogen and oxygen atoms in total. The van der Waals surface area contributed by atoms with Gasteiger partial charge in [0.05, 0.1) is 5.41 Å². The summed E-state index contributed by atoms with van der Waals surface area (Å²) in [5.41, 5.74) is -1.89. The third-order valence-electron chi connectivity index (χ3n) is 2.69. The zero-order valence-corrected chi connectivity index (χ0v) is 8.55. The maximum absolute atomic E-state index is 13.4. The Bertz CT molecular complexity index is 370. The number of aliphatic carboxylic acids is 1. The van der Waals surface area contributed by atoms with Gasteiger partial charge in [-0.15, -0.1) is 0 Å². The number of carbonyl (C=O) groups is 1. The minimum atomic E-state index is -1.52. The van der Waals surface area contributed by atoms with Crippen molar-refractivity contribution in [2.75, 3.05) is 0 Å². The molecule has 0 radical (unpaired) electrons. The molecule has 0 heterocycles. The van der Waals surface area contributed by atoms with Crippen molar-refractivity contribution in [3.63, 3.8) is 0 Å². The molecule has 0 amide bonds. The molecular weight excluding hydrogens is 202 g/mol. The van der Waals surface area contributed by atoms with Crippen molar-refractivity contribution in [1.82, 2.24) is 0 Å². The summed E-state index contributed by atoms with van der Waals surface area (Å²) in [5.74, 6) is -2.86. The summed E-state index contributed by atoms with van der Waals surface area (Å²) in [6.45, 7) is 2.90. The Morgan fingerprint density at radius 2 is 1.87 bits per heavy atom. The van der Waals surface area contributed by atoms with E-state index in [9.17, 15) is 13.6 Å². The fourth-order valence-electron chi connectivity index (χ4n) is 1.46. The molecule has 0 bridgehead atoms. The second-order valence-corrected chi connectivity index (χ2v) is 3.59. The highest BCUT2D eigenvalue weighted by Crippen LogP contribution is 2.31. The lowest BCUT2D eigenvalue weighted by Crippen LogP contribution is -2.33. The van der Waals surface area contributed by atoms with Crippen LogP contribution in [0.4, 0.5) is 8.78 Å². The standard InChI is InChI=1S/C11H12F2O2/c1-3-11(2,10(14)15)9-7(12)5-4-6-8(9)13/h4-6H,3H2,1-2H3,(H,14,15). The minimum absolute atomic E-state index is 0.125. The summed E-state index contributed by atoms with van der Waals surface area (Å²) in [7, 11) is 0. The van der Waals surface area contributed by atoms with Crippen LogP contribution < -0.4 is 0 Å². The molecule has 0 aliphatic rings. The lowest BCUT2D eigenvalue weighted by Gasteiger charge is -2.24. The monoisotopic (exact) mass is 214 g/mol. The van der Waals surface area contributed by atoms with Crippen LogP contribution in [0.25, 0.3) is 0 Å². The normalized spacial score (nSPS) is 14.7. The highest BCUT2D eigenvalue weighted by atomic mass is 19.1. The van der Waals surface area contributed by atoms with Crippen LogP contribution in [0, 0.1) is 11.6 Å². The molecule has 0 aliphatic heterocycles. The van der Waals surface area contributed by atoms with Gasteiger partial charge in [-0.2, -0.15) is 0 Å². The van der Waals surface area contributed by atoms with Gasteiger partial charge < -0.3 is 5.11 Å². The zero-order chi connectivity index (χ0) is 11.6. The molecule has 0 aliphatic carbocycles. The van der Waals surface area contributed by atoms with Crippen LogP contribution in [0.3, 0.4) is 0 Å². The Morgan fingerprint density at radius 1 is 1.40 bits per heavy atom. The molecule has 0 aromatic heterocycles. The van der Waals surface area contributed by atoms with Crippen molar-refractivity contribution >= 4 is 5.97 Å². The molecular formula is C11H12F2O2. The van der Waals surface area contributed by atoms with E-state index in [2.05, 4.69) is 0 Å². The van der Waals surface area contributed by atoms with Crippen molar-refractivity contribution in [3.8, 4) is 0 Å². The SMILES string of the molecule is CCC(C)(C(=O)O)c1c(F)cccc1F. The van der Waals surface area contributed by atoms with E-state index < -0.39 is 23.0 Å². The van der Waals surface area contributed by atoms with Gasteiger partial charge in [-0.3, -0.25) is 4.79 Å². The van der Waals surface area contributed by atoms with E-state index in [-0.39, 0.29) is 12.0 Å². The maximum atomic E-state index is 13.4. The quantitative estimate of drug-likeness (QED) is 0.839. The van der Waals surface area contributed by atoms with E-state index in [1.165, 1.54) is 13.0 Å². The molecule has 1 aromatic rings. The Labute approximate surface area is 86.5 Å². The van der Waals surface area contributed by atoms with Crippen molar-refractivity contribution in [3.05, 3.63) is 35.4 Å². The van der Waals surface area contributed by atoms with Crippen molar-refractivity contribution < 1.29 is 18.7 Å². The molecule has 1 atom stereocenters. The van der Waals surface area contributed by atoms with Crippen LogP contribution in [-0.4, -0.2) is 11.1 Å². The van der Waals surface area contributed by atoms with Gasteiger partial charge in [0.25, 0.3) is 0 Å². The van der Waals surface area contributed by atoms with Gasteiger partial charge in [0, 0.05) is 5.56 Å². The van der Waals surface area contributed by atoms with Crippen LogP contribution in [0.2, 0.25) is 0 Å². The fraction of sp³-hybridized carbons (Fsp3) is 0.364. The Balaban J connectivity index is 3.42. The second kappa shape index (κ2) is 3.96. The van der Waals surface area contributed by atoms with E-state index in [0.717, 1.165) is 12.1 Å². The number of carboxylic acid groups (broad SMARTS) is 1. The zero-order valence-electron chi connectivity index (χ0n) is 8.55. The largest absolute Gasteiger partial charge is 0.481 e. The highest BCUT2D eigenvalue weighted by molar-refractivity contribution is 5.80. The van der Waals surface area contributed by atoms with Gasteiger partial charge >= 0.3 is 5.97 Å². The molecule has 15 heavy (non-hydrogen) atoms. The lowest BCUT2D eigenvalue weighted by atomic mass is 9.79. The van der Waals surface area contributed by atoms with Gasteiger partial charge in [-0.1, -0.05) is 13.0 Å². The third kappa shape index (κ3) is 1.84. The first-order chi connectivity index (χ1) is 6.93. The van der Waals surface area contributed by atoms with E-state index in [1.54, 1.807) is 6.92 Å². The minimum Gasteiger partial charge on any atom is -0.481 e. The predicted molar refractivity (Wildman–Crippen MR) is 51.6 cm³/mol. The molecule has 1 unspecified atom stereocenters. The Hall–Kier alpha value is -1.45. The molecule has 0 saturated heterocycles. The number of rotatable bonds is 3. The van der Waals surface area contributed by atoms with Crippen LogP contribution in [0.1, 0.15) is 25.8 Å². The van der Waals surface area contributed by atoms with Crippen LogP contribution in [0.5, 0.6) is 0 Å². The molecule has 82 valence electrons. The molecule has 0 spiro atoms. The first-order valence-electron chi connectivity index (χ1n) is 4.61. The van der Waals surface area contributed by atoms with Gasteiger partial charge in [0.1, 0.15) is 11.6 Å². The summed E-state index contributed by atoms with van der Waals surface area (Å²) in [5, 5.41) is 9.00. The summed E-state index contributed by atoms with van der Waals surface area (Å²) >= 11 is 0. The Morgan fingerprint density at radius 3 is 2.20 bits per heavy atom. The summed E-state index contributed by atoms with van der Waals surface area (Å²) in [6.07, 6.45) is 0.125. The first-order valence-corrected chi connectivity index (χ1v) is 4.61. The second-order valence-electron chi connectivity index (χ2n) is 3.59. The lowest BCUT2D eigenvalue weighted by molar-refractivity contribution is -0.143. The smallest absolute Gasteiger partial charge is 0.314 e. The average Bonchev–Trinajstić information content (AvgIpc) is 2.16. The van der Waals surface area contributed by atoms with Gasteiger partial charge in [-0.25, -0.2) is 8.78 Å². The summed E-state index contributed by atoms with van der Waals surface area (Å²) in [6, 6.07) is 3.34. The van der Waals surface area contributed by atoms with Crippen LogP contribution in [-0.2, 0) is 10.2 Å². The van der Waals surface area contributed by atoms with E-state index in [1.807, 2.05) is 0 Å². The van der Waals surface area contributed by atoms with E-state index in [0.29, 0.717) is 0 Å². The van der Waals surface area contributed by atoms with Crippen LogP contribution >= 0.6 is 0 Å². The van der Waals surface area contributed by atoms with Crippen LogP contribution in [0.15, 0.2) is 18.2 Å². The molecule has 0 fully saturated rings. The number of halogens is 2. The van der Waals surface area contributed by atoms with Gasteiger partial charge in [0.2, 0.25) is 0 Å². The van der Waals surface area contributed by atoms with Crippen molar-refractivity contribution in [2.24, 2.45) is 0 Å². The number of carboxylic acids is 1. The van der Waals surface area contributed by atoms with Crippen molar-refractivity contribution in [1.29, 1.82) is 0 Å². The third-order valence-corrected chi connectivity index (χ3v) is 2.69. The first kappa shape index (κ1) is 11.6. The maximum Gasteiger partial charge on any atom is 0.314 e. The summed E-state index contributed by atoms with van der Waals surface area (Å²) in [4.78, 5) is 11.0. The Kier molecular flexibility index (Phi) is 3.07. The van der Waals surface area contributed by atoms with E-state index in [4.69, 9.17) is 5.11 Å². The molecule has 4 heteroatoms. The highest BCUT2D eigenvalue weighted by Gasteiger charge is 2.38. The fourth-order valence-corrected chi connectivity index (χ4v) is 1.46. The molecule has 1 aromatic carbocycles. The number of hydrogen-bond donors (Lipinski definition) is 1. The van der Waals surface area contributed by atoms with E-state index >= 15 is 0 Å². The van der Waals surface area contributed by atoms with Gasteiger partial charge in [0.15, 0.2) is 0 Å². The molecule has 1 N–H and O–H groups in total. The topological polar surface area (TPSA) is 37.3 Å². The predicted octanol–water partition coefficient (Wildman–Crippen LogP) is 2.72. The summed E-state index contributed by atoms with van der Waals surface area (Å²) < 4.78 is 26.8. The average molecular weight is 214 g/mol. The van der Waals surface area contributed by atoms with Gasteiger partial charge in [-0.05, 0) is 25.5 Å². The number of hydrogen-bond acceptors (Lipinski definition) is 1.